The SMILES string of the molecule is CNCc1cn(C[C@H]2C[C@H]3CCN2C[C@@H]3C(=O)Nc2ccccc2)nn1. The summed E-state index contributed by atoms with van der Waals surface area (Å²) in [6.07, 6.45) is 4.17. The first-order valence-corrected chi connectivity index (χ1v) is 9.36. The number of nitrogens with zero attached hydrogens (tertiary/aromatic N) is 4. The quantitative estimate of drug-likeness (QED) is 0.819. The van der Waals surface area contributed by atoms with E-state index in [0.29, 0.717) is 12.0 Å². The van der Waals surface area contributed by atoms with Gasteiger partial charge in [-0.05, 0) is 44.5 Å². The van der Waals surface area contributed by atoms with Gasteiger partial charge in [-0.15, -0.1) is 5.10 Å². The molecule has 7 nitrogen and oxygen atoms in total. The minimum absolute atomic E-state index is 0.0794. The number of hydrogen-bond acceptors (Lipinski definition) is 5. The largest absolute Gasteiger partial charge is 0.326 e. The number of aromatic nitrogens is 3. The molecule has 5 rings (SSSR count). The molecule has 3 aliphatic rings. The number of nitrogens with one attached hydrogen (secondary N) is 2. The van der Waals surface area contributed by atoms with E-state index in [4.69, 9.17) is 0 Å². The van der Waals surface area contributed by atoms with Crippen molar-refractivity contribution >= 4 is 11.6 Å². The topological polar surface area (TPSA) is 75.1 Å². The van der Waals surface area contributed by atoms with E-state index in [1.165, 1.54) is 0 Å². The first-order chi connectivity index (χ1) is 12.7. The maximum atomic E-state index is 12.7. The fraction of sp³-hybridized carbons (Fsp3) is 0.526. The summed E-state index contributed by atoms with van der Waals surface area (Å²) in [5.41, 5.74) is 1.84. The molecule has 2 aromatic rings. The lowest BCUT2D eigenvalue weighted by atomic mass is 9.75. The van der Waals surface area contributed by atoms with Gasteiger partial charge in [0.15, 0.2) is 0 Å². The van der Waals surface area contributed by atoms with Crippen molar-refractivity contribution in [2.75, 3.05) is 25.5 Å². The first-order valence-electron chi connectivity index (χ1n) is 9.36. The molecular formula is C19H26N6O. The van der Waals surface area contributed by atoms with E-state index < -0.39 is 0 Å². The van der Waals surface area contributed by atoms with Crippen molar-refractivity contribution in [1.82, 2.24) is 25.2 Å². The molecule has 4 atom stereocenters. The van der Waals surface area contributed by atoms with Crippen LogP contribution in [0.25, 0.3) is 0 Å². The van der Waals surface area contributed by atoms with Gasteiger partial charge in [0.05, 0.1) is 18.2 Å². The van der Waals surface area contributed by atoms with Crippen molar-refractivity contribution in [1.29, 1.82) is 0 Å². The molecule has 2 bridgehead atoms. The smallest absolute Gasteiger partial charge is 0.229 e. The van der Waals surface area contributed by atoms with Crippen molar-refractivity contribution in [3.8, 4) is 0 Å². The van der Waals surface area contributed by atoms with Gasteiger partial charge in [0.25, 0.3) is 0 Å². The standard InChI is InChI=1S/C19H26N6O/c1-20-10-16-11-25(23-22-16)12-17-9-14-7-8-24(17)13-18(14)19(26)21-15-5-3-2-4-6-15/h2-6,11,14,17-18,20H,7-10,12-13H2,1H3,(H,21,26)/t14-,17-,18+/m1/s1. The third-order valence-electron chi connectivity index (χ3n) is 5.60. The monoisotopic (exact) mass is 354 g/mol. The summed E-state index contributed by atoms with van der Waals surface area (Å²) in [6, 6.07) is 10.2. The molecule has 2 N–H and O–H groups in total. The molecule has 26 heavy (non-hydrogen) atoms. The van der Waals surface area contributed by atoms with E-state index in [0.717, 1.165) is 50.4 Å². The number of rotatable bonds is 6. The van der Waals surface area contributed by atoms with Crippen molar-refractivity contribution in [2.24, 2.45) is 11.8 Å². The highest BCUT2D eigenvalue weighted by molar-refractivity contribution is 5.93. The van der Waals surface area contributed by atoms with Crippen molar-refractivity contribution < 1.29 is 4.79 Å². The van der Waals surface area contributed by atoms with Gasteiger partial charge in [-0.25, -0.2) is 0 Å². The third kappa shape index (κ3) is 3.64. The maximum absolute atomic E-state index is 12.7. The fourth-order valence-corrected chi connectivity index (χ4v) is 4.29. The Balaban J connectivity index is 1.37. The zero-order valence-electron chi connectivity index (χ0n) is 15.1. The van der Waals surface area contributed by atoms with E-state index in [2.05, 4.69) is 25.8 Å². The van der Waals surface area contributed by atoms with Crippen LogP contribution in [0.5, 0.6) is 0 Å². The highest BCUT2D eigenvalue weighted by Crippen LogP contribution is 2.37. The van der Waals surface area contributed by atoms with Gasteiger partial charge in [-0.2, -0.15) is 0 Å². The predicted molar refractivity (Wildman–Crippen MR) is 99.4 cm³/mol. The van der Waals surface area contributed by atoms with Gasteiger partial charge in [0, 0.05) is 31.0 Å². The van der Waals surface area contributed by atoms with E-state index in [1.54, 1.807) is 0 Å². The first kappa shape index (κ1) is 17.2. The highest BCUT2D eigenvalue weighted by Gasteiger charge is 2.43. The summed E-state index contributed by atoms with van der Waals surface area (Å²) < 4.78 is 1.94. The van der Waals surface area contributed by atoms with Crippen molar-refractivity contribution in [3.05, 3.63) is 42.2 Å². The molecular weight excluding hydrogens is 328 g/mol. The second-order valence-electron chi connectivity index (χ2n) is 7.36. The number of hydrogen-bond donors (Lipinski definition) is 2. The van der Waals surface area contributed by atoms with E-state index >= 15 is 0 Å². The van der Waals surface area contributed by atoms with E-state index in [1.807, 2.05) is 48.3 Å². The lowest BCUT2D eigenvalue weighted by Gasteiger charge is -2.49. The van der Waals surface area contributed by atoms with Crippen LogP contribution in [0.1, 0.15) is 18.5 Å². The number of piperidine rings is 3. The molecule has 4 heterocycles. The number of carbonyl (C=O) groups is 1. The molecule has 0 aliphatic carbocycles. The molecule has 1 aromatic heterocycles. The Morgan fingerprint density at radius 2 is 2.15 bits per heavy atom. The zero-order valence-corrected chi connectivity index (χ0v) is 15.1. The molecule has 3 fully saturated rings. The summed E-state index contributed by atoms with van der Waals surface area (Å²) in [6.45, 7) is 3.49. The molecule has 1 unspecified atom stereocenters. The normalized spacial score (nSPS) is 27.4. The third-order valence-corrected chi connectivity index (χ3v) is 5.60. The summed E-state index contributed by atoms with van der Waals surface area (Å²) >= 11 is 0. The number of anilines is 1. The van der Waals surface area contributed by atoms with Crippen LogP contribution < -0.4 is 10.6 Å². The van der Waals surface area contributed by atoms with E-state index in [-0.39, 0.29) is 11.8 Å². The minimum atomic E-state index is 0.0794. The Morgan fingerprint density at radius 1 is 1.31 bits per heavy atom. The van der Waals surface area contributed by atoms with Crippen LogP contribution in [0, 0.1) is 11.8 Å². The summed E-state index contributed by atoms with van der Waals surface area (Å²) in [5.74, 6) is 0.686. The Bertz CT molecular complexity index is 745. The molecule has 3 aliphatic heterocycles. The van der Waals surface area contributed by atoms with Gasteiger partial charge in [0.2, 0.25) is 5.91 Å². The molecule has 3 saturated heterocycles. The second kappa shape index (κ2) is 7.55. The molecule has 1 amide bonds. The Morgan fingerprint density at radius 3 is 2.88 bits per heavy atom. The van der Waals surface area contributed by atoms with Crippen LogP contribution in [-0.2, 0) is 17.9 Å². The molecule has 0 spiro atoms. The van der Waals surface area contributed by atoms with Crippen LogP contribution in [0.3, 0.4) is 0 Å². The van der Waals surface area contributed by atoms with Gasteiger partial charge in [-0.3, -0.25) is 14.4 Å². The van der Waals surface area contributed by atoms with Gasteiger partial charge in [-0.1, -0.05) is 23.4 Å². The number of para-hydroxylation sites is 1. The van der Waals surface area contributed by atoms with Crippen molar-refractivity contribution in [3.63, 3.8) is 0 Å². The maximum Gasteiger partial charge on any atom is 0.229 e. The van der Waals surface area contributed by atoms with Crippen molar-refractivity contribution in [2.45, 2.75) is 32.0 Å². The number of fused-ring (bicyclic) bond motifs is 3. The Hall–Kier alpha value is -2.25. The van der Waals surface area contributed by atoms with Crippen LogP contribution in [0.15, 0.2) is 36.5 Å². The molecule has 138 valence electrons. The molecule has 0 radical (unpaired) electrons. The number of benzene rings is 1. The highest BCUT2D eigenvalue weighted by atomic mass is 16.2. The van der Waals surface area contributed by atoms with Gasteiger partial charge < -0.3 is 10.6 Å². The summed E-state index contributed by atoms with van der Waals surface area (Å²) in [4.78, 5) is 15.2. The van der Waals surface area contributed by atoms with Crippen LogP contribution >= 0.6 is 0 Å². The Kier molecular flexibility index (Phi) is 4.99. The number of amides is 1. The van der Waals surface area contributed by atoms with Gasteiger partial charge in [0.1, 0.15) is 0 Å². The average molecular weight is 354 g/mol. The molecule has 1 aromatic carbocycles. The summed E-state index contributed by atoms with van der Waals surface area (Å²) in [5, 5.41) is 14.6. The average Bonchev–Trinajstić information content (AvgIpc) is 3.10. The number of carbonyl (C=O) groups excluding carboxylic acids is 1. The second-order valence-corrected chi connectivity index (χ2v) is 7.36. The zero-order chi connectivity index (χ0) is 17.9. The lowest BCUT2D eigenvalue weighted by Crippen LogP contribution is -2.57. The lowest BCUT2D eigenvalue weighted by molar-refractivity contribution is -0.127. The Labute approximate surface area is 153 Å². The minimum Gasteiger partial charge on any atom is -0.326 e. The van der Waals surface area contributed by atoms with Crippen LogP contribution in [0.2, 0.25) is 0 Å². The fourth-order valence-electron chi connectivity index (χ4n) is 4.29. The van der Waals surface area contributed by atoms with Crippen LogP contribution in [-0.4, -0.2) is 52.0 Å². The molecule has 0 saturated carbocycles. The van der Waals surface area contributed by atoms with Gasteiger partial charge >= 0.3 is 0 Å². The summed E-state index contributed by atoms with van der Waals surface area (Å²) in [7, 11) is 1.91. The van der Waals surface area contributed by atoms with Crippen LogP contribution in [0.4, 0.5) is 5.69 Å². The molecule has 7 heteroatoms. The van der Waals surface area contributed by atoms with E-state index in [9.17, 15) is 4.79 Å². The predicted octanol–water partition coefficient (Wildman–Crippen LogP) is 1.35.